The third kappa shape index (κ3) is 2.92. The molecule has 0 aliphatic heterocycles. The van der Waals surface area contributed by atoms with Gasteiger partial charge in [-0.05, 0) is 52.1 Å². The zero-order chi connectivity index (χ0) is 16.5. The Hall–Kier alpha value is -1.55. The van der Waals surface area contributed by atoms with E-state index in [-0.39, 0.29) is 0 Å². The quantitative estimate of drug-likeness (QED) is 0.303. The van der Waals surface area contributed by atoms with Crippen LogP contribution in [0.4, 0.5) is 0 Å². The molecule has 0 N–H and O–H groups in total. The van der Waals surface area contributed by atoms with Crippen LogP contribution in [-0.2, 0) is 0 Å². The smallest absolute Gasteiger partial charge is 0.0201 e. The van der Waals surface area contributed by atoms with Crippen molar-refractivity contribution in [2.24, 2.45) is 0 Å². The predicted octanol–water partition coefficient (Wildman–Crippen LogP) is 7.15. The molecule has 0 aliphatic rings. The third-order valence-corrected chi connectivity index (χ3v) is 6.32. The molecule has 0 nitrogen and oxygen atoms in total. The Kier molecular flexibility index (Phi) is 4.49. The van der Waals surface area contributed by atoms with Crippen LogP contribution in [0.15, 0.2) is 92.4 Å². The Morgan fingerprint density at radius 3 is 2.21 bits per heavy atom. The lowest BCUT2D eigenvalue weighted by Gasteiger charge is -2.11. The van der Waals surface area contributed by atoms with E-state index in [2.05, 4.69) is 91.7 Å². The predicted molar refractivity (Wildman–Crippen MR) is 111 cm³/mol. The van der Waals surface area contributed by atoms with Crippen molar-refractivity contribution >= 4 is 57.7 Å². The molecule has 0 amide bonds. The Bertz CT molecular complexity index is 1040. The van der Waals surface area contributed by atoms with Crippen LogP contribution >= 0.6 is 36.2 Å². The summed E-state index contributed by atoms with van der Waals surface area (Å²) < 4.78 is 0. The molecule has 0 atom stereocenters. The molecule has 0 bridgehead atoms. The van der Waals surface area contributed by atoms with Gasteiger partial charge in [0.25, 0.3) is 0 Å². The second kappa shape index (κ2) is 6.75. The molecule has 0 spiro atoms. The lowest BCUT2D eigenvalue weighted by molar-refractivity contribution is 1.37. The highest BCUT2D eigenvalue weighted by Crippen LogP contribution is 2.39. The molecular formula is C21H16S3. The number of rotatable bonds is 3. The van der Waals surface area contributed by atoms with Gasteiger partial charge in [0.15, 0.2) is 0 Å². The third-order valence-electron chi connectivity index (χ3n) is 4.11. The van der Waals surface area contributed by atoms with E-state index < -0.39 is 0 Å². The summed E-state index contributed by atoms with van der Waals surface area (Å²) >= 11 is 8.22. The maximum Gasteiger partial charge on any atom is 0.0201 e. The summed E-state index contributed by atoms with van der Waals surface area (Å²) in [6, 6.07) is 25.9. The molecule has 3 heteroatoms. The van der Waals surface area contributed by atoms with Crippen LogP contribution < -0.4 is 0 Å². The summed E-state index contributed by atoms with van der Waals surface area (Å²) in [5.74, 6) is 0. The van der Waals surface area contributed by atoms with Gasteiger partial charge < -0.3 is 0 Å². The fourth-order valence-electron chi connectivity index (χ4n) is 2.95. The molecule has 4 rings (SSSR count). The van der Waals surface area contributed by atoms with Gasteiger partial charge in [-0.1, -0.05) is 60.3 Å². The summed E-state index contributed by atoms with van der Waals surface area (Å²) in [7, 11) is 0. The highest BCUT2D eigenvalue weighted by Gasteiger charge is 2.08. The minimum atomic E-state index is 1.03. The second-order valence-corrected chi connectivity index (χ2v) is 8.02. The first kappa shape index (κ1) is 15.9. The zero-order valence-electron chi connectivity index (χ0n) is 13.2. The average Bonchev–Trinajstić information content (AvgIpc) is 2.63. The van der Waals surface area contributed by atoms with Gasteiger partial charge in [0.1, 0.15) is 0 Å². The number of benzene rings is 4. The summed E-state index contributed by atoms with van der Waals surface area (Å²) in [5.41, 5.74) is 0. The number of hydrogen-bond acceptors (Lipinski definition) is 3. The van der Waals surface area contributed by atoms with E-state index in [0.717, 1.165) is 4.90 Å². The normalized spacial score (nSPS) is 11.2. The highest BCUT2D eigenvalue weighted by atomic mass is 32.2. The van der Waals surface area contributed by atoms with Crippen LogP contribution in [0.3, 0.4) is 0 Å². The Labute approximate surface area is 156 Å². The fraction of sp³-hybridized carbons (Fsp3) is 0.0476. The molecule has 0 fully saturated rings. The Morgan fingerprint density at radius 2 is 1.42 bits per heavy atom. The minimum Gasteiger partial charge on any atom is -0.143 e. The van der Waals surface area contributed by atoms with Gasteiger partial charge in [0, 0.05) is 19.6 Å². The lowest BCUT2D eigenvalue weighted by atomic mass is 10.1. The number of hydrogen-bond donors (Lipinski definition) is 1. The van der Waals surface area contributed by atoms with Crippen molar-refractivity contribution in [3.63, 3.8) is 0 Å². The molecule has 0 aliphatic carbocycles. The second-order valence-electron chi connectivity index (χ2n) is 5.58. The topological polar surface area (TPSA) is 0 Å². The van der Waals surface area contributed by atoms with Crippen LogP contribution in [0.25, 0.3) is 21.5 Å². The minimum absolute atomic E-state index is 1.03. The van der Waals surface area contributed by atoms with Crippen molar-refractivity contribution in [3.8, 4) is 0 Å². The van der Waals surface area contributed by atoms with Gasteiger partial charge in [0.05, 0.1) is 0 Å². The first-order valence-electron chi connectivity index (χ1n) is 7.71. The molecular weight excluding hydrogens is 348 g/mol. The van der Waals surface area contributed by atoms with E-state index in [1.165, 1.54) is 36.2 Å². The molecule has 24 heavy (non-hydrogen) atoms. The lowest BCUT2D eigenvalue weighted by Crippen LogP contribution is -1.83. The molecule has 0 saturated heterocycles. The summed E-state index contributed by atoms with van der Waals surface area (Å²) in [6.45, 7) is 0. The van der Waals surface area contributed by atoms with Crippen molar-refractivity contribution < 1.29 is 0 Å². The van der Waals surface area contributed by atoms with E-state index in [1.807, 2.05) is 11.8 Å². The molecule has 4 aromatic rings. The Morgan fingerprint density at radius 1 is 0.708 bits per heavy atom. The molecule has 0 radical (unpaired) electrons. The van der Waals surface area contributed by atoms with Crippen LogP contribution in [0.1, 0.15) is 0 Å². The van der Waals surface area contributed by atoms with Gasteiger partial charge in [0.2, 0.25) is 0 Å². The van der Waals surface area contributed by atoms with Crippen molar-refractivity contribution in [3.05, 3.63) is 72.8 Å². The van der Waals surface area contributed by atoms with E-state index in [4.69, 9.17) is 0 Å². The van der Waals surface area contributed by atoms with Crippen LogP contribution in [0.5, 0.6) is 0 Å². The average molecular weight is 365 g/mol. The van der Waals surface area contributed by atoms with Crippen LogP contribution in [0.2, 0.25) is 0 Å². The van der Waals surface area contributed by atoms with E-state index in [0.29, 0.717) is 0 Å². The van der Waals surface area contributed by atoms with Gasteiger partial charge in [-0.3, -0.25) is 0 Å². The number of thiol groups is 1. The Balaban J connectivity index is 1.84. The highest BCUT2D eigenvalue weighted by molar-refractivity contribution is 8.00. The van der Waals surface area contributed by atoms with Gasteiger partial charge in [-0.2, -0.15) is 0 Å². The largest absolute Gasteiger partial charge is 0.143 e. The molecule has 0 saturated carbocycles. The monoisotopic (exact) mass is 364 g/mol. The van der Waals surface area contributed by atoms with Gasteiger partial charge in [-0.25, -0.2) is 0 Å². The van der Waals surface area contributed by atoms with Crippen molar-refractivity contribution in [1.82, 2.24) is 0 Å². The van der Waals surface area contributed by atoms with E-state index >= 15 is 0 Å². The summed E-state index contributed by atoms with van der Waals surface area (Å²) in [4.78, 5) is 4.89. The molecule has 0 aromatic heterocycles. The van der Waals surface area contributed by atoms with E-state index in [9.17, 15) is 0 Å². The zero-order valence-corrected chi connectivity index (χ0v) is 15.7. The van der Waals surface area contributed by atoms with Crippen molar-refractivity contribution in [1.29, 1.82) is 0 Å². The van der Waals surface area contributed by atoms with E-state index in [1.54, 1.807) is 11.8 Å². The summed E-state index contributed by atoms with van der Waals surface area (Å²) in [5, 5.41) is 5.08. The van der Waals surface area contributed by atoms with Gasteiger partial charge >= 0.3 is 0 Å². The fourth-order valence-corrected chi connectivity index (χ4v) is 4.98. The molecule has 0 heterocycles. The standard InChI is InChI=1S/C21H16S3/c1-23-21-13-15(12-14-6-2-3-7-16(14)21)24-20-11-10-19(22)17-8-4-5-9-18(17)20/h2-13,22H,1H3. The molecule has 118 valence electrons. The maximum atomic E-state index is 4.59. The van der Waals surface area contributed by atoms with Gasteiger partial charge in [-0.15, -0.1) is 24.4 Å². The molecule has 0 unspecified atom stereocenters. The first-order valence-corrected chi connectivity index (χ1v) is 10.2. The number of thioether (sulfide) groups is 1. The maximum absolute atomic E-state index is 4.59. The SMILES string of the molecule is CSc1cc(Sc2ccc(S)c3ccccc23)cc2ccccc12. The van der Waals surface area contributed by atoms with Crippen molar-refractivity contribution in [2.45, 2.75) is 19.6 Å². The first-order chi connectivity index (χ1) is 11.8. The molecule has 4 aromatic carbocycles. The van der Waals surface area contributed by atoms with Crippen molar-refractivity contribution in [2.75, 3.05) is 6.26 Å². The van der Waals surface area contributed by atoms with Crippen LogP contribution in [0, 0.1) is 0 Å². The summed E-state index contributed by atoms with van der Waals surface area (Å²) in [6.07, 6.45) is 2.14. The number of fused-ring (bicyclic) bond motifs is 2. The van der Waals surface area contributed by atoms with Crippen LogP contribution in [-0.4, -0.2) is 6.26 Å².